The Hall–Kier alpha value is -0.580. The second kappa shape index (κ2) is 6.99. The first kappa shape index (κ1) is 14.5. The third-order valence-electron chi connectivity index (χ3n) is 2.80. The normalized spacial score (nSPS) is 12.8. The van der Waals surface area contributed by atoms with E-state index >= 15 is 0 Å². The maximum Gasteiger partial charge on any atom is 0.124 e. The van der Waals surface area contributed by atoms with Gasteiger partial charge in [-0.15, -0.1) is 0 Å². The molecule has 3 N–H and O–H groups in total. The molecule has 1 atom stereocenters. The number of halogens is 1. The molecule has 0 aromatic heterocycles. The molecule has 0 saturated heterocycles. The minimum absolute atomic E-state index is 0.139. The summed E-state index contributed by atoms with van der Waals surface area (Å²) in [5.41, 5.74) is 3.98. The third kappa shape index (κ3) is 4.30. The summed E-state index contributed by atoms with van der Waals surface area (Å²) in [6, 6.07) is 6.17. The molecule has 1 unspecified atom stereocenters. The molecule has 0 saturated carbocycles. The number of ether oxygens (including phenoxy) is 1. The van der Waals surface area contributed by atoms with Crippen molar-refractivity contribution < 1.29 is 4.74 Å². The number of methoxy groups -OCH3 is 1. The monoisotopic (exact) mass is 300 g/mol. The van der Waals surface area contributed by atoms with Gasteiger partial charge in [0.2, 0.25) is 0 Å². The maximum atomic E-state index is 5.64. The van der Waals surface area contributed by atoms with Crippen LogP contribution in [0.3, 0.4) is 0 Å². The zero-order valence-corrected chi connectivity index (χ0v) is 12.3. The number of hydrogen-bond donors (Lipinski definition) is 2. The smallest absolute Gasteiger partial charge is 0.124 e. The molecule has 0 amide bonds. The highest BCUT2D eigenvalue weighted by Crippen LogP contribution is 2.31. The summed E-state index contributed by atoms with van der Waals surface area (Å²) >= 11 is 3.44. The molecular weight excluding hydrogens is 280 g/mol. The molecule has 1 aromatic rings. The largest absolute Gasteiger partial charge is 0.496 e. The summed E-state index contributed by atoms with van der Waals surface area (Å²) in [6.07, 6.45) is 2.14. The van der Waals surface area contributed by atoms with E-state index in [2.05, 4.69) is 35.2 Å². The van der Waals surface area contributed by atoms with Gasteiger partial charge in [0.15, 0.2) is 0 Å². The predicted octanol–water partition coefficient (Wildman–Crippen LogP) is 3.40. The molecule has 0 aliphatic rings. The van der Waals surface area contributed by atoms with Gasteiger partial charge < -0.3 is 4.74 Å². The van der Waals surface area contributed by atoms with Crippen molar-refractivity contribution in [3.63, 3.8) is 0 Å². The fourth-order valence-electron chi connectivity index (χ4n) is 1.80. The minimum atomic E-state index is 0.139. The Balaban J connectivity index is 2.87. The van der Waals surface area contributed by atoms with E-state index in [1.54, 1.807) is 7.11 Å². The highest BCUT2D eigenvalue weighted by atomic mass is 79.9. The fourth-order valence-corrected chi connectivity index (χ4v) is 2.14. The molecule has 0 spiro atoms. The lowest BCUT2D eigenvalue weighted by molar-refractivity contribution is 0.387. The van der Waals surface area contributed by atoms with Gasteiger partial charge in [-0.25, -0.2) is 0 Å². The maximum absolute atomic E-state index is 5.64. The highest BCUT2D eigenvalue weighted by molar-refractivity contribution is 9.10. The zero-order valence-electron chi connectivity index (χ0n) is 10.7. The quantitative estimate of drug-likeness (QED) is 0.625. The van der Waals surface area contributed by atoms with Crippen molar-refractivity contribution in [2.75, 3.05) is 7.11 Å². The van der Waals surface area contributed by atoms with Crippen molar-refractivity contribution in [3.05, 3.63) is 28.2 Å². The zero-order chi connectivity index (χ0) is 12.8. The molecule has 0 aliphatic carbocycles. The molecule has 0 bridgehead atoms. The van der Waals surface area contributed by atoms with Crippen LogP contribution in [-0.2, 0) is 0 Å². The van der Waals surface area contributed by atoms with Gasteiger partial charge in [0, 0.05) is 16.1 Å². The van der Waals surface area contributed by atoms with Gasteiger partial charge >= 0.3 is 0 Å². The highest BCUT2D eigenvalue weighted by Gasteiger charge is 2.15. The molecule has 1 rings (SSSR count). The number of rotatable bonds is 6. The van der Waals surface area contributed by atoms with Crippen LogP contribution in [0.2, 0.25) is 0 Å². The van der Waals surface area contributed by atoms with Gasteiger partial charge in [-0.05, 0) is 30.9 Å². The first-order valence-electron chi connectivity index (χ1n) is 5.88. The van der Waals surface area contributed by atoms with E-state index in [9.17, 15) is 0 Å². The van der Waals surface area contributed by atoms with Gasteiger partial charge in [0.05, 0.1) is 7.11 Å². The lowest BCUT2D eigenvalue weighted by Gasteiger charge is -2.20. The van der Waals surface area contributed by atoms with Crippen molar-refractivity contribution in [3.8, 4) is 5.75 Å². The van der Waals surface area contributed by atoms with Crippen molar-refractivity contribution in [1.82, 2.24) is 5.43 Å². The Morgan fingerprint density at radius 3 is 2.59 bits per heavy atom. The van der Waals surface area contributed by atoms with E-state index in [0.717, 1.165) is 28.6 Å². The topological polar surface area (TPSA) is 47.3 Å². The Kier molecular flexibility index (Phi) is 5.95. The van der Waals surface area contributed by atoms with E-state index in [0.29, 0.717) is 5.92 Å². The van der Waals surface area contributed by atoms with Crippen LogP contribution < -0.4 is 16.0 Å². The number of hydrazine groups is 1. The van der Waals surface area contributed by atoms with E-state index in [1.165, 1.54) is 0 Å². The summed E-state index contributed by atoms with van der Waals surface area (Å²) in [5.74, 6) is 7.18. The summed E-state index contributed by atoms with van der Waals surface area (Å²) in [5, 5.41) is 0. The molecular formula is C13H21BrN2O. The molecule has 4 heteroatoms. The molecule has 3 nitrogen and oxygen atoms in total. The van der Waals surface area contributed by atoms with Crippen LogP contribution in [0.5, 0.6) is 5.75 Å². The lowest BCUT2D eigenvalue weighted by Crippen LogP contribution is -2.28. The standard InChI is InChI=1S/C13H21BrN2O/c1-9(2)4-7-12(16-15)11-6-5-10(14)8-13(11)17-3/h5-6,8-9,12,16H,4,7,15H2,1-3H3. The van der Waals surface area contributed by atoms with Gasteiger partial charge in [0.25, 0.3) is 0 Å². The summed E-state index contributed by atoms with van der Waals surface area (Å²) < 4.78 is 6.40. The van der Waals surface area contributed by atoms with Crippen LogP contribution in [-0.4, -0.2) is 7.11 Å². The van der Waals surface area contributed by atoms with Crippen LogP contribution in [0, 0.1) is 5.92 Å². The van der Waals surface area contributed by atoms with Crippen molar-refractivity contribution in [2.24, 2.45) is 11.8 Å². The van der Waals surface area contributed by atoms with Crippen molar-refractivity contribution in [1.29, 1.82) is 0 Å². The Labute approximate surface area is 112 Å². The average Bonchev–Trinajstić information content (AvgIpc) is 2.30. The van der Waals surface area contributed by atoms with Crippen LogP contribution in [0.15, 0.2) is 22.7 Å². The number of nitrogens with two attached hydrogens (primary N) is 1. The van der Waals surface area contributed by atoms with Crippen molar-refractivity contribution in [2.45, 2.75) is 32.7 Å². The first-order chi connectivity index (χ1) is 8.08. The van der Waals surface area contributed by atoms with E-state index < -0.39 is 0 Å². The minimum Gasteiger partial charge on any atom is -0.496 e. The number of hydrogen-bond acceptors (Lipinski definition) is 3. The van der Waals surface area contributed by atoms with Crippen LogP contribution in [0.25, 0.3) is 0 Å². The van der Waals surface area contributed by atoms with Gasteiger partial charge in [0.1, 0.15) is 5.75 Å². The summed E-state index contributed by atoms with van der Waals surface area (Å²) in [4.78, 5) is 0. The van der Waals surface area contributed by atoms with Crippen LogP contribution in [0.4, 0.5) is 0 Å². The van der Waals surface area contributed by atoms with Gasteiger partial charge in [-0.2, -0.15) is 0 Å². The third-order valence-corrected chi connectivity index (χ3v) is 3.30. The molecule has 96 valence electrons. The SMILES string of the molecule is COc1cc(Br)ccc1C(CCC(C)C)NN. The van der Waals surface area contributed by atoms with Crippen molar-refractivity contribution >= 4 is 15.9 Å². The molecule has 0 radical (unpaired) electrons. The molecule has 1 aromatic carbocycles. The average molecular weight is 301 g/mol. The Morgan fingerprint density at radius 2 is 2.06 bits per heavy atom. The second-order valence-electron chi connectivity index (χ2n) is 4.58. The van der Waals surface area contributed by atoms with Gasteiger partial charge in [-0.3, -0.25) is 11.3 Å². The van der Waals surface area contributed by atoms with Crippen LogP contribution in [0.1, 0.15) is 38.3 Å². The summed E-state index contributed by atoms with van der Waals surface area (Å²) in [7, 11) is 1.68. The Bertz CT molecular complexity index is 355. The summed E-state index contributed by atoms with van der Waals surface area (Å²) in [6.45, 7) is 4.43. The lowest BCUT2D eigenvalue weighted by atomic mass is 9.97. The predicted molar refractivity (Wildman–Crippen MR) is 74.8 cm³/mol. The fraction of sp³-hybridized carbons (Fsp3) is 0.538. The van der Waals surface area contributed by atoms with E-state index in [4.69, 9.17) is 10.6 Å². The number of nitrogens with one attached hydrogen (secondary N) is 1. The molecule has 0 fully saturated rings. The van der Waals surface area contributed by atoms with Gasteiger partial charge in [-0.1, -0.05) is 35.8 Å². The first-order valence-corrected chi connectivity index (χ1v) is 6.67. The molecule has 0 heterocycles. The van der Waals surface area contributed by atoms with Crippen LogP contribution >= 0.6 is 15.9 Å². The molecule has 17 heavy (non-hydrogen) atoms. The van der Waals surface area contributed by atoms with E-state index in [-0.39, 0.29) is 6.04 Å². The Morgan fingerprint density at radius 1 is 1.35 bits per heavy atom. The molecule has 0 aliphatic heterocycles. The number of benzene rings is 1. The second-order valence-corrected chi connectivity index (χ2v) is 5.49. The van der Waals surface area contributed by atoms with E-state index in [1.807, 2.05) is 18.2 Å².